The van der Waals surface area contributed by atoms with Crippen LogP contribution in [-0.2, 0) is 0 Å². The quantitative estimate of drug-likeness (QED) is 0.159. The summed E-state index contributed by atoms with van der Waals surface area (Å²) in [6.45, 7) is 0. The van der Waals surface area contributed by atoms with Crippen LogP contribution < -0.4 is 4.90 Å². The number of benzene rings is 10. The topological polar surface area (TPSA) is 3.24 Å². The van der Waals surface area contributed by atoms with E-state index in [0.717, 1.165) is 17.1 Å². The zero-order chi connectivity index (χ0) is 35.1. The summed E-state index contributed by atoms with van der Waals surface area (Å²) in [5.41, 5.74) is 10.7. The van der Waals surface area contributed by atoms with E-state index in [4.69, 9.17) is 0 Å². The summed E-state index contributed by atoms with van der Waals surface area (Å²) in [6.07, 6.45) is 0. The molecule has 0 spiro atoms. The van der Waals surface area contributed by atoms with Crippen LogP contribution in [0.3, 0.4) is 0 Å². The van der Waals surface area contributed by atoms with Crippen LogP contribution in [0.1, 0.15) is 0 Å². The number of nitrogens with zero attached hydrogens (tertiary/aromatic N) is 1. The van der Waals surface area contributed by atoms with Gasteiger partial charge in [0, 0.05) is 17.1 Å². The lowest BCUT2D eigenvalue weighted by molar-refractivity contribution is 1.29. The molecule has 0 aromatic heterocycles. The Balaban J connectivity index is 1.07. The van der Waals surface area contributed by atoms with E-state index in [1.807, 2.05) is 0 Å². The van der Waals surface area contributed by atoms with Gasteiger partial charge >= 0.3 is 0 Å². The van der Waals surface area contributed by atoms with Gasteiger partial charge in [0.2, 0.25) is 0 Å². The van der Waals surface area contributed by atoms with Gasteiger partial charge in [0.25, 0.3) is 0 Å². The Morgan fingerprint density at radius 3 is 1.40 bits per heavy atom. The summed E-state index contributed by atoms with van der Waals surface area (Å²) in [4.78, 5) is 2.37. The minimum Gasteiger partial charge on any atom is -0.310 e. The molecule has 0 aliphatic rings. The fourth-order valence-electron chi connectivity index (χ4n) is 7.88. The third kappa shape index (κ3) is 5.69. The minimum atomic E-state index is 1.11. The normalized spacial score (nSPS) is 11.4. The SMILES string of the molecule is c1ccc(-c2ccc3cc(N(c4ccc(-c5ccc6ccccc6c5)cc4)c4ccc(-c5cc6ccccc6c6ccccc56)cc4)ccc3c2)cc1. The first kappa shape index (κ1) is 30.8. The van der Waals surface area contributed by atoms with E-state index in [-0.39, 0.29) is 0 Å². The summed E-state index contributed by atoms with van der Waals surface area (Å²) in [7, 11) is 0. The van der Waals surface area contributed by atoms with Crippen LogP contribution in [-0.4, -0.2) is 0 Å². The number of anilines is 3. The minimum absolute atomic E-state index is 1.11. The molecule has 0 saturated heterocycles. The van der Waals surface area contributed by atoms with Crippen molar-refractivity contribution in [3.63, 3.8) is 0 Å². The predicted octanol–water partition coefficient (Wildman–Crippen LogP) is 14.8. The molecule has 0 heterocycles. The molecule has 0 aliphatic carbocycles. The molecule has 0 unspecified atom stereocenters. The van der Waals surface area contributed by atoms with Crippen LogP contribution in [0.2, 0.25) is 0 Å². The van der Waals surface area contributed by atoms with Gasteiger partial charge in [-0.1, -0.05) is 158 Å². The van der Waals surface area contributed by atoms with Crippen molar-refractivity contribution in [2.75, 3.05) is 4.90 Å². The highest BCUT2D eigenvalue weighted by Crippen LogP contribution is 2.40. The highest BCUT2D eigenvalue weighted by atomic mass is 15.1. The van der Waals surface area contributed by atoms with Crippen LogP contribution >= 0.6 is 0 Å². The van der Waals surface area contributed by atoms with E-state index in [2.05, 4.69) is 217 Å². The van der Waals surface area contributed by atoms with Crippen molar-refractivity contribution < 1.29 is 0 Å². The molecule has 0 fully saturated rings. The molecule has 0 saturated carbocycles. The summed E-state index contributed by atoms with van der Waals surface area (Å²) < 4.78 is 0. The maximum atomic E-state index is 2.37. The van der Waals surface area contributed by atoms with Crippen molar-refractivity contribution in [1.82, 2.24) is 0 Å². The molecule has 53 heavy (non-hydrogen) atoms. The monoisotopic (exact) mass is 673 g/mol. The van der Waals surface area contributed by atoms with E-state index in [9.17, 15) is 0 Å². The third-order valence-corrected chi connectivity index (χ3v) is 10.6. The second-order valence-corrected chi connectivity index (χ2v) is 13.8. The molecule has 0 atom stereocenters. The standard InChI is InChI=1S/C52H35N/c1-2-10-36(11-3-1)41-20-21-44-34-48(31-26-43(44)33-41)53(46-27-22-38(23-28-46)42-19-18-37-12-4-5-13-40(37)32-42)47-29-24-39(25-30-47)52-35-45-14-6-7-15-49(45)50-16-8-9-17-51(50)52/h1-35H. The average molecular weight is 674 g/mol. The number of hydrogen-bond donors (Lipinski definition) is 0. The molecule has 10 rings (SSSR count). The van der Waals surface area contributed by atoms with Crippen molar-refractivity contribution in [3.8, 4) is 33.4 Å². The first-order valence-corrected chi connectivity index (χ1v) is 18.2. The van der Waals surface area contributed by atoms with Gasteiger partial charge in [-0.15, -0.1) is 0 Å². The molecular formula is C52H35N. The fourth-order valence-corrected chi connectivity index (χ4v) is 7.88. The largest absolute Gasteiger partial charge is 0.310 e. The maximum absolute atomic E-state index is 2.37. The molecular weight excluding hydrogens is 639 g/mol. The molecule has 0 bridgehead atoms. The lowest BCUT2D eigenvalue weighted by Crippen LogP contribution is -2.09. The Hall–Kier alpha value is -6.96. The van der Waals surface area contributed by atoms with Gasteiger partial charge in [-0.25, -0.2) is 0 Å². The van der Waals surface area contributed by atoms with E-state index in [0.29, 0.717) is 0 Å². The van der Waals surface area contributed by atoms with Crippen LogP contribution in [0.15, 0.2) is 212 Å². The zero-order valence-electron chi connectivity index (χ0n) is 29.2. The Morgan fingerprint density at radius 2 is 0.679 bits per heavy atom. The number of fused-ring (bicyclic) bond motifs is 5. The Morgan fingerprint density at radius 1 is 0.226 bits per heavy atom. The molecule has 0 aliphatic heterocycles. The van der Waals surface area contributed by atoms with Crippen LogP contribution in [0.25, 0.3) is 76.5 Å². The van der Waals surface area contributed by atoms with Crippen molar-refractivity contribution in [1.29, 1.82) is 0 Å². The second-order valence-electron chi connectivity index (χ2n) is 13.8. The summed E-state index contributed by atoms with van der Waals surface area (Å²) >= 11 is 0. The molecule has 1 nitrogen and oxygen atoms in total. The molecule has 0 N–H and O–H groups in total. The first-order chi connectivity index (χ1) is 26.2. The summed E-state index contributed by atoms with van der Waals surface area (Å²) in [5, 5.41) is 10.0. The van der Waals surface area contributed by atoms with Crippen molar-refractivity contribution in [2.45, 2.75) is 0 Å². The first-order valence-electron chi connectivity index (χ1n) is 18.2. The molecule has 10 aromatic carbocycles. The highest BCUT2D eigenvalue weighted by Gasteiger charge is 2.16. The van der Waals surface area contributed by atoms with Gasteiger partial charge in [0.05, 0.1) is 0 Å². The van der Waals surface area contributed by atoms with E-state index >= 15 is 0 Å². The smallest absolute Gasteiger partial charge is 0.0468 e. The fraction of sp³-hybridized carbons (Fsp3) is 0. The van der Waals surface area contributed by atoms with Gasteiger partial charge < -0.3 is 4.90 Å². The van der Waals surface area contributed by atoms with E-state index in [1.54, 1.807) is 0 Å². The van der Waals surface area contributed by atoms with Crippen molar-refractivity contribution >= 4 is 60.2 Å². The molecule has 0 amide bonds. The third-order valence-electron chi connectivity index (χ3n) is 10.6. The molecule has 1 heteroatoms. The predicted molar refractivity (Wildman–Crippen MR) is 227 cm³/mol. The second kappa shape index (κ2) is 13.0. The van der Waals surface area contributed by atoms with Gasteiger partial charge in [-0.2, -0.15) is 0 Å². The average Bonchev–Trinajstić information content (AvgIpc) is 3.24. The van der Waals surface area contributed by atoms with Crippen molar-refractivity contribution in [3.05, 3.63) is 212 Å². The molecule has 0 radical (unpaired) electrons. The molecule has 10 aromatic rings. The van der Waals surface area contributed by atoms with E-state index in [1.165, 1.54) is 76.5 Å². The van der Waals surface area contributed by atoms with Gasteiger partial charge in [0.15, 0.2) is 0 Å². The lowest BCUT2D eigenvalue weighted by atomic mass is 9.93. The van der Waals surface area contributed by atoms with Crippen molar-refractivity contribution in [2.24, 2.45) is 0 Å². The Kier molecular flexibility index (Phi) is 7.55. The van der Waals surface area contributed by atoms with E-state index < -0.39 is 0 Å². The summed E-state index contributed by atoms with van der Waals surface area (Å²) in [5.74, 6) is 0. The summed E-state index contributed by atoms with van der Waals surface area (Å²) in [6, 6.07) is 77.3. The van der Waals surface area contributed by atoms with Crippen LogP contribution in [0.5, 0.6) is 0 Å². The molecule has 248 valence electrons. The Labute approximate surface area is 309 Å². The van der Waals surface area contributed by atoms with Gasteiger partial charge in [0.1, 0.15) is 0 Å². The van der Waals surface area contributed by atoms with Crippen LogP contribution in [0, 0.1) is 0 Å². The zero-order valence-corrected chi connectivity index (χ0v) is 29.2. The number of rotatable bonds is 6. The van der Waals surface area contributed by atoms with Gasteiger partial charge in [-0.3, -0.25) is 0 Å². The number of hydrogen-bond acceptors (Lipinski definition) is 1. The van der Waals surface area contributed by atoms with Gasteiger partial charge in [-0.05, 0) is 131 Å². The highest BCUT2D eigenvalue weighted by molar-refractivity contribution is 6.13. The lowest BCUT2D eigenvalue weighted by Gasteiger charge is -2.26. The maximum Gasteiger partial charge on any atom is 0.0468 e. The Bertz CT molecular complexity index is 2920. The van der Waals surface area contributed by atoms with Crippen LogP contribution in [0.4, 0.5) is 17.1 Å².